The summed E-state index contributed by atoms with van der Waals surface area (Å²) in [6.07, 6.45) is 5.23. The van der Waals surface area contributed by atoms with Gasteiger partial charge in [-0.25, -0.2) is 9.37 Å². The van der Waals surface area contributed by atoms with Gasteiger partial charge >= 0.3 is 0 Å². The Bertz CT molecular complexity index is 1780. The minimum absolute atomic E-state index is 0.176. The van der Waals surface area contributed by atoms with Crippen LogP contribution in [0, 0.1) is 12.7 Å². The van der Waals surface area contributed by atoms with Crippen LogP contribution in [-0.4, -0.2) is 49.3 Å². The number of hydrogen-bond donors (Lipinski definition) is 3. The second-order valence-electron chi connectivity index (χ2n) is 9.58. The van der Waals surface area contributed by atoms with E-state index in [0.29, 0.717) is 11.4 Å². The molecule has 1 aliphatic rings. The van der Waals surface area contributed by atoms with Crippen LogP contribution in [0.4, 0.5) is 10.2 Å². The molecule has 37 heavy (non-hydrogen) atoms. The molecule has 0 bridgehead atoms. The number of aromatic amines is 2. The molecular weight excluding hydrogens is 467 g/mol. The standard InChI is InChI=1S/C28H23FN8/c1-15-5-16(7-17(29)6-15)19-3-2-4-22-20(19)8-24(33-22)28-21-9-23(32-11-25(21)35-36-28)26-10-31-12-27(34-26)37-13-18(30)14-37/h2-12,18,33H,13-14,30H2,1H3,(H,35,36). The van der Waals surface area contributed by atoms with Gasteiger partial charge < -0.3 is 15.6 Å². The summed E-state index contributed by atoms with van der Waals surface area (Å²) in [5, 5.41) is 9.59. The van der Waals surface area contributed by atoms with E-state index in [9.17, 15) is 4.39 Å². The maximum absolute atomic E-state index is 14.2. The van der Waals surface area contributed by atoms with Gasteiger partial charge in [-0.05, 0) is 53.9 Å². The number of aromatic nitrogens is 6. The Morgan fingerprint density at radius 3 is 2.70 bits per heavy atom. The van der Waals surface area contributed by atoms with Gasteiger partial charge in [0.2, 0.25) is 0 Å². The van der Waals surface area contributed by atoms with Crippen molar-refractivity contribution in [1.29, 1.82) is 0 Å². The van der Waals surface area contributed by atoms with Crippen LogP contribution in [0.2, 0.25) is 0 Å². The molecule has 182 valence electrons. The van der Waals surface area contributed by atoms with Crippen molar-refractivity contribution < 1.29 is 4.39 Å². The Balaban J connectivity index is 1.31. The molecule has 0 saturated carbocycles. The molecule has 1 fully saturated rings. The monoisotopic (exact) mass is 490 g/mol. The number of pyridine rings is 1. The first-order chi connectivity index (χ1) is 18.0. The van der Waals surface area contributed by atoms with Crippen molar-refractivity contribution in [2.45, 2.75) is 13.0 Å². The fourth-order valence-corrected chi connectivity index (χ4v) is 5.02. The topological polar surface area (TPSA) is 112 Å². The number of hydrogen-bond acceptors (Lipinski definition) is 6. The van der Waals surface area contributed by atoms with E-state index in [2.05, 4.69) is 36.1 Å². The zero-order chi connectivity index (χ0) is 25.1. The largest absolute Gasteiger partial charge is 0.353 e. The summed E-state index contributed by atoms with van der Waals surface area (Å²) in [5.41, 5.74) is 13.4. The highest BCUT2D eigenvalue weighted by molar-refractivity contribution is 6.01. The fourth-order valence-electron chi connectivity index (χ4n) is 5.02. The van der Waals surface area contributed by atoms with Crippen molar-refractivity contribution >= 4 is 27.6 Å². The number of nitrogens with one attached hydrogen (secondary N) is 2. The molecule has 4 aromatic heterocycles. The van der Waals surface area contributed by atoms with E-state index in [1.54, 1.807) is 24.7 Å². The molecule has 6 aromatic rings. The number of fused-ring (bicyclic) bond motifs is 2. The summed E-state index contributed by atoms with van der Waals surface area (Å²) in [6.45, 7) is 3.44. The second-order valence-corrected chi connectivity index (χ2v) is 9.58. The Hall–Kier alpha value is -4.63. The number of aryl methyl sites for hydroxylation is 1. The summed E-state index contributed by atoms with van der Waals surface area (Å²) in [7, 11) is 0. The first kappa shape index (κ1) is 21.6. The average molecular weight is 491 g/mol. The van der Waals surface area contributed by atoms with Crippen LogP contribution in [0.5, 0.6) is 0 Å². The fraction of sp³-hybridized carbons (Fsp3) is 0.143. The third-order valence-corrected chi connectivity index (χ3v) is 6.84. The van der Waals surface area contributed by atoms with Crippen LogP contribution >= 0.6 is 0 Å². The Kier molecular flexibility index (Phi) is 4.80. The van der Waals surface area contributed by atoms with Gasteiger partial charge in [0.15, 0.2) is 0 Å². The maximum Gasteiger partial charge on any atom is 0.147 e. The Morgan fingerprint density at radius 2 is 1.86 bits per heavy atom. The van der Waals surface area contributed by atoms with E-state index in [0.717, 1.165) is 68.8 Å². The highest BCUT2D eigenvalue weighted by Gasteiger charge is 2.25. The van der Waals surface area contributed by atoms with Crippen molar-refractivity contribution in [2.75, 3.05) is 18.0 Å². The quantitative estimate of drug-likeness (QED) is 0.326. The summed E-state index contributed by atoms with van der Waals surface area (Å²) in [6, 6.07) is 15.3. The highest BCUT2D eigenvalue weighted by atomic mass is 19.1. The van der Waals surface area contributed by atoms with Crippen molar-refractivity contribution in [3.8, 4) is 33.9 Å². The first-order valence-corrected chi connectivity index (χ1v) is 12.1. The van der Waals surface area contributed by atoms with Crippen molar-refractivity contribution in [3.05, 3.63) is 78.5 Å². The van der Waals surface area contributed by atoms with E-state index >= 15 is 0 Å². The summed E-state index contributed by atoms with van der Waals surface area (Å²) in [5.74, 6) is 0.550. The molecule has 9 heteroatoms. The van der Waals surface area contributed by atoms with Crippen molar-refractivity contribution in [1.82, 2.24) is 30.1 Å². The normalized spacial score (nSPS) is 14.0. The Morgan fingerprint density at radius 1 is 0.973 bits per heavy atom. The molecule has 0 aliphatic carbocycles. The van der Waals surface area contributed by atoms with Gasteiger partial charge in [-0.15, -0.1) is 0 Å². The molecule has 0 atom stereocenters. The molecule has 1 saturated heterocycles. The van der Waals surface area contributed by atoms with Gasteiger partial charge in [-0.3, -0.25) is 15.1 Å². The van der Waals surface area contributed by atoms with E-state index in [4.69, 9.17) is 10.7 Å². The van der Waals surface area contributed by atoms with Gasteiger partial charge in [-0.2, -0.15) is 5.10 Å². The zero-order valence-corrected chi connectivity index (χ0v) is 20.0. The zero-order valence-electron chi connectivity index (χ0n) is 20.0. The third kappa shape index (κ3) is 3.71. The average Bonchev–Trinajstić information content (AvgIpc) is 3.49. The molecule has 5 heterocycles. The van der Waals surface area contributed by atoms with Gasteiger partial charge in [0, 0.05) is 35.4 Å². The first-order valence-electron chi connectivity index (χ1n) is 12.1. The minimum Gasteiger partial charge on any atom is -0.353 e. The molecule has 8 nitrogen and oxygen atoms in total. The molecule has 4 N–H and O–H groups in total. The van der Waals surface area contributed by atoms with E-state index in [-0.39, 0.29) is 11.9 Å². The maximum atomic E-state index is 14.2. The third-order valence-electron chi connectivity index (χ3n) is 6.84. The van der Waals surface area contributed by atoms with Crippen LogP contribution in [0.15, 0.2) is 67.1 Å². The molecule has 2 aromatic carbocycles. The summed E-state index contributed by atoms with van der Waals surface area (Å²) < 4.78 is 14.2. The van der Waals surface area contributed by atoms with Gasteiger partial charge in [0.05, 0.1) is 35.5 Å². The van der Waals surface area contributed by atoms with E-state index in [1.807, 2.05) is 37.3 Å². The van der Waals surface area contributed by atoms with Crippen LogP contribution < -0.4 is 10.6 Å². The number of rotatable bonds is 4. The number of benzene rings is 2. The lowest BCUT2D eigenvalue weighted by atomic mass is 9.99. The van der Waals surface area contributed by atoms with Crippen LogP contribution in [-0.2, 0) is 0 Å². The lowest BCUT2D eigenvalue weighted by molar-refractivity contribution is 0.514. The van der Waals surface area contributed by atoms with Crippen molar-refractivity contribution in [2.24, 2.45) is 5.73 Å². The van der Waals surface area contributed by atoms with Gasteiger partial charge in [0.25, 0.3) is 0 Å². The second kappa shape index (κ2) is 8.21. The summed E-state index contributed by atoms with van der Waals surface area (Å²) >= 11 is 0. The number of nitrogens with zero attached hydrogens (tertiary/aromatic N) is 5. The number of anilines is 1. The van der Waals surface area contributed by atoms with Gasteiger partial charge in [0.1, 0.15) is 23.0 Å². The molecule has 0 unspecified atom stereocenters. The molecule has 0 amide bonds. The van der Waals surface area contributed by atoms with Gasteiger partial charge in [-0.1, -0.05) is 18.2 Å². The molecule has 0 spiro atoms. The minimum atomic E-state index is -0.245. The SMILES string of the molecule is Cc1cc(F)cc(-c2cccc3[nH]c(-c4n[nH]c5cnc(-c6cncc(N7CC(N)C7)n6)cc45)cc23)c1. The van der Waals surface area contributed by atoms with Crippen LogP contribution in [0.1, 0.15) is 5.56 Å². The van der Waals surface area contributed by atoms with E-state index < -0.39 is 0 Å². The predicted molar refractivity (Wildman–Crippen MR) is 143 cm³/mol. The Labute approximate surface area is 211 Å². The van der Waals surface area contributed by atoms with Crippen molar-refractivity contribution in [3.63, 3.8) is 0 Å². The van der Waals surface area contributed by atoms with E-state index in [1.165, 1.54) is 6.07 Å². The number of halogens is 1. The molecule has 1 aliphatic heterocycles. The summed E-state index contributed by atoms with van der Waals surface area (Å²) in [4.78, 5) is 19.3. The smallest absolute Gasteiger partial charge is 0.147 e. The molecule has 0 radical (unpaired) electrons. The molecule has 7 rings (SSSR count). The highest BCUT2D eigenvalue weighted by Crippen LogP contribution is 2.35. The number of H-pyrrole nitrogens is 2. The lowest BCUT2D eigenvalue weighted by Gasteiger charge is -2.37. The van der Waals surface area contributed by atoms with Crippen LogP contribution in [0.25, 0.3) is 55.7 Å². The molecular formula is C28H23FN8. The lowest BCUT2D eigenvalue weighted by Crippen LogP contribution is -2.56. The van der Waals surface area contributed by atoms with Crippen LogP contribution in [0.3, 0.4) is 0 Å². The predicted octanol–water partition coefficient (Wildman–Crippen LogP) is 4.83. The number of nitrogens with two attached hydrogens (primary N) is 1.